The SMILES string of the molecule is COC(=O)CC(B1OC(C)(C)C(C)(C)O1)c1ccc(Cl)cc1F. The molecule has 1 aromatic rings. The first-order valence-corrected chi connectivity index (χ1v) is 7.82. The molecule has 1 saturated heterocycles. The van der Waals surface area contributed by atoms with Crippen LogP contribution in [0.2, 0.25) is 5.02 Å². The maximum atomic E-state index is 14.3. The number of carbonyl (C=O) groups is 1. The summed E-state index contributed by atoms with van der Waals surface area (Å²) >= 11 is 5.81. The van der Waals surface area contributed by atoms with Gasteiger partial charge >= 0.3 is 13.1 Å². The molecule has 0 saturated carbocycles. The van der Waals surface area contributed by atoms with E-state index in [1.165, 1.54) is 13.2 Å². The van der Waals surface area contributed by atoms with Crippen LogP contribution in [0.15, 0.2) is 18.2 Å². The Morgan fingerprint density at radius 3 is 2.35 bits per heavy atom. The minimum atomic E-state index is -0.755. The topological polar surface area (TPSA) is 44.8 Å². The Bertz CT molecular complexity index is 590. The molecular formula is C16H21BClFO4. The Labute approximate surface area is 141 Å². The minimum absolute atomic E-state index is 0.0497. The predicted octanol–water partition coefficient (Wildman–Crippen LogP) is 3.76. The van der Waals surface area contributed by atoms with Crippen LogP contribution < -0.4 is 0 Å². The summed E-state index contributed by atoms with van der Waals surface area (Å²) in [5.41, 5.74) is -0.831. The highest BCUT2D eigenvalue weighted by Gasteiger charge is 2.54. The molecule has 0 bridgehead atoms. The number of hydrogen-bond donors (Lipinski definition) is 0. The first-order valence-electron chi connectivity index (χ1n) is 7.45. The van der Waals surface area contributed by atoms with Gasteiger partial charge < -0.3 is 14.0 Å². The second-order valence-corrected chi connectivity index (χ2v) is 7.11. The van der Waals surface area contributed by atoms with Crippen molar-refractivity contribution in [1.82, 2.24) is 0 Å². The van der Waals surface area contributed by atoms with Crippen LogP contribution in [-0.4, -0.2) is 31.4 Å². The molecular weight excluding hydrogens is 321 g/mol. The lowest BCUT2D eigenvalue weighted by molar-refractivity contribution is -0.140. The molecule has 7 heteroatoms. The minimum Gasteiger partial charge on any atom is -0.469 e. The van der Waals surface area contributed by atoms with E-state index in [1.807, 2.05) is 27.7 Å². The van der Waals surface area contributed by atoms with Gasteiger partial charge in [-0.1, -0.05) is 17.7 Å². The molecule has 4 nitrogen and oxygen atoms in total. The lowest BCUT2D eigenvalue weighted by Gasteiger charge is -2.32. The lowest BCUT2D eigenvalue weighted by Crippen LogP contribution is -2.41. The van der Waals surface area contributed by atoms with E-state index in [9.17, 15) is 9.18 Å². The van der Waals surface area contributed by atoms with E-state index in [2.05, 4.69) is 0 Å². The molecule has 1 aromatic carbocycles. The molecule has 1 aliphatic rings. The van der Waals surface area contributed by atoms with Crippen LogP contribution >= 0.6 is 11.6 Å². The fraction of sp³-hybridized carbons (Fsp3) is 0.562. The zero-order valence-electron chi connectivity index (χ0n) is 14.0. The van der Waals surface area contributed by atoms with Crippen molar-refractivity contribution in [2.24, 2.45) is 0 Å². The molecule has 1 atom stereocenters. The van der Waals surface area contributed by atoms with Gasteiger partial charge in [-0.05, 0) is 45.4 Å². The van der Waals surface area contributed by atoms with Crippen molar-refractivity contribution in [2.45, 2.75) is 51.1 Å². The standard InChI is InChI=1S/C16H21BClFO4/c1-15(2)16(3,4)23-17(22-15)12(9-14(20)21-5)11-7-6-10(18)8-13(11)19/h6-8,12H,9H2,1-5H3. The molecule has 1 unspecified atom stereocenters. The monoisotopic (exact) mass is 342 g/mol. The summed E-state index contributed by atoms with van der Waals surface area (Å²) in [6, 6.07) is 4.35. The van der Waals surface area contributed by atoms with Crippen molar-refractivity contribution in [3.63, 3.8) is 0 Å². The van der Waals surface area contributed by atoms with Gasteiger partial charge in [-0.2, -0.15) is 0 Å². The molecule has 0 amide bonds. The van der Waals surface area contributed by atoms with E-state index in [0.717, 1.165) is 0 Å². The van der Waals surface area contributed by atoms with Crippen molar-refractivity contribution < 1.29 is 23.2 Å². The Morgan fingerprint density at radius 2 is 1.87 bits per heavy atom. The molecule has 23 heavy (non-hydrogen) atoms. The van der Waals surface area contributed by atoms with Crippen LogP contribution in [0.5, 0.6) is 0 Å². The van der Waals surface area contributed by atoms with Gasteiger partial charge in [-0.25, -0.2) is 4.39 Å². The van der Waals surface area contributed by atoms with E-state index in [0.29, 0.717) is 5.56 Å². The van der Waals surface area contributed by atoms with E-state index < -0.39 is 35.9 Å². The van der Waals surface area contributed by atoms with Crippen molar-refractivity contribution in [3.8, 4) is 0 Å². The number of esters is 1. The second kappa shape index (κ2) is 6.42. The van der Waals surface area contributed by atoms with Gasteiger partial charge in [0.15, 0.2) is 0 Å². The number of hydrogen-bond acceptors (Lipinski definition) is 4. The number of carbonyl (C=O) groups excluding carboxylic acids is 1. The van der Waals surface area contributed by atoms with Gasteiger partial charge in [0.1, 0.15) is 5.82 Å². The highest BCUT2D eigenvalue weighted by atomic mass is 35.5. The van der Waals surface area contributed by atoms with E-state index in [4.69, 9.17) is 25.6 Å². The van der Waals surface area contributed by atoms with Crippen molar-refractivity contribution in [2.75, 3.05) is 7.11 Å². The predicted molar refractivity (Wildman–Crippen MR) is 86.9 cm³/mol. The maximum Gasteiger partial charge on any atom is 0.466 e. The molecule has 0 radical (unpaired) electrons. The van der Waals surface area contributed by atoms with E-state index >= 15 is 0 Å². The molecule has 0 spiro atoms. The van der Waals surface area contributed by atoms with Crippen LogP contribution in [0, 0.1) is 5.82 Å². The number of halogens is 2. The summed E-state index contributed by atoms with van der Waals surface area (Å²) in [7, 11) is 0.539. The van der Waals surface area contributed by atoms with Crippen LogP contribution in [0.4, 0.5) is 4.39 Å². The molecule has 1 heterocycles. The Balaban J connectivity index is 2.38. The molecule has 1 aliphatic heterocycles. The Morgan fingerprint density at radius 1 is 1.30 bits per heavy atom. The van der Waals surface area contributed by atoms with E-state index in [1.54, 1.807) is 12.1 Å². The van der Waals surface area contributed by atoms with Crippen LogP contribution in [-0.2, 0) is 18.8 Å². The quantitative estimate of drug-likeness (QED) is 0.617. The smallest absolute Gasteiger partial charge is 0.466 e. The number of rotatable bonds is 4. The Kier molecular flexibility index (Phi) is 5.09. The van der Waals surface area contributed by atoms with Crippen LogP contribution in [0.1, 0.15) is 45.5 Å². The van der Waals surface area contributed by atoms with Crippen LogP contribution in [0.25, 0.3) is 0 Å². The molecule has 0 aliphatic carbocycles. The molecule has 126 valence electrons. The van der Waals surface area contributed by atoms with Crippen molar-refractivity contribution in [1.29, 1.82) is 0 Å². The van der Waals surface area contributed by atoms with Gasteiger partial charge in [-0.15, -0.1) is 0 Å². The summed E-state index contributed by atoms with van der Waals surface area (Å²) in [6.07, 6.45) is -0.0497. The summed E-state index contributed by atoms with van der Waals surface area (Å²) in [5, 5.41) is 0.289. The first-order chi connectivity index (χ1) is 10.6. The fourth-order valence-electron chi connectivity index (χ4n) is 2.47. The van der Waals surface area contributed by atoms with Gasteiger partial charge in [0.25, 0.3) is 0 Å². The average Bonchev–Trinajstić information content (AvgIpc) is 2.65. The summed E-state index contributed by atoms with van der Waals surface area (Å²) in [6.45, 7) is 7.61. The summed E-state index contributed by atoms with van der Waals surface area (Å²) < 4.78 is 31.0. The highest BCUT2D eigenvalue weighted by molar-refractivity contribution is 6.48. The third-order valence-corrected chi connectivity index (χ3v) is 4.81. The fourth-order valence-corrected chi connectivity index (χ4v) is 2.63. The largest absolute Gasteiger partial charge is 0.469 e. The molecule has 1 fully saturated rings. The normalized spacial score (nSPS) is 20.4. The van der Waals surface area contributed by atoms with E-state index in [-0.39, 0.29) is 11.4 Å². The summed E-state index contributed by atoms with van der Waals surface area (Å²) in [5.74, 6) is -1.58. The number of benzene rings is 1. The third-order valence-electron chi connectivity index (χ3n) is 4.58. The summed E-state index contributed by atoms with van der Waals surface area (Å²) in [4.78, 5) is 11.8. The lowest BCUT2D eigenvalue weighted by atomic mass is 9.66. The first kappa shape index (κ1) is 18.2. The maximum absolute atomic E-state index is 14.3. The van der Waals surface area contributed by atoms with Crippen LogP contribution in [0.3, 0.4) is 0 Å². The number of methoxy groups -OCH3 is 1. The third kappa shape index (κ3) is 3.70. The average molecular weight is 343 g/mol. The van der Waals surface area contributed by atoms with Gasteiger partial charge in [0, 0.05) is 10.8 Å². The second-order valence-electron chi connectivity index (χ2n) is 6.68. The zero-order chi connectivity index (χ0) is 17.4. The van der Waals surface area contributed by atoms with Crippen molar-refractivity contribution >= 4 is 24.7 Å². The molecule has 0 aromatic heterocycles. The molecule has 2 rings (SSSR count). The van der Waals surface area contributed by atoms with Gasteiger partial charge in [0.05, 0.1) is 24.7 Å². The number of ether oxygens (including phenoxy) is 1. The van der Waals surface area contributed by atoms with Gasteiger partial charge in [-0.3, -0.25) is 4.79 Å². The van der Waals surface area contributed by atoms with Gasteiger partial charge in [0.2, 0.25) is 0 Å². The highest BCUT2D eigenvalue weighted by Crippen LogP contribution is 2.42. The molecule has 0 N–H and O–H groups in total. The Hall–Kier alpha value is -1.11. The van der Waals surface area contributed by atoms with Crippen molar-refractivity contribution in [3.05, 3.63) is 34.6 Å². The zero-order valence-corrected chi connectivity index (χ0v) is 14.7.